The third-order valence-electron chi connectivity index (χ3n) is 5.47. The van der Waals surface area contributed by atoms with E-state index in [4.69, 9.17) is 9.47 Å². The summed E-state index contributed by atoms with van der Waals surface area (Å²) in [5, 5.41) is 5.39. The largest absolute Gasteiger partial charge is 0.467 e. The van der Waals surface area contributed by atoms with Crippen molar-refractivity contribution in [2.45, 2.75) is 52.0 Å². The molecule has 2 aromatic carbocycles. The number of carbonyl (C=O) groups excluding carboxylic acids is 2. The van der Waals surface area contributed by atoms with E-state index in [1.54, 1.807) is 0 Å². The highest BCUT2D eigenvalue weighted by molar-refractivity contribution is 9.10. The molecule has 172 valence electrons. The van der Waals surface area contributed by atoms with E-state index < -0.39 is 35.1 Å². The third-order valence-corrected chi connectivity index (χ3v) is 6.22. The van der Waals surface area contributed by atoms with Gasteiger partial charge in [-0.05, 0) is 48.2 Å². The summed E-state index contributed by atoms with van der Waals surface area (Å²) in [6, 6.07) is 4.66. The molecular weight excluding hydrogens is 486 g/mol. The van der Waals surface area contributed by atoms with Crippen molar-refractivity contribution in [3.8, 4) is 0 Å². The van der Waals surface area contributed by atoms with Gasteiger partial charge in [0.2, 0.25) is 0 Å². The molecule has 0 bridgehead atoms. The molecular formula is C23H25BrF2N2O4. The maximum atomic E-state index is 14.6. The Morgan fingerprint density at radius 2 is 1.84 bits per heavy atom. The van der Waals surface area contributed by atoms with Gasteiger partial charge < -0.3 is 20.1 Å². The molecule has 0 aromatic heterocycles. The van der Waals surface area contributed by atoms with E-state index in [0.717, 1.165) is 39.7 Å². The van der Waals surface area contributed by atoms with E-state index in [-0.39, 0.29) is 18.2 Å². The number of nitrogens with one attached hydrogen (secondary N) is 2. The smallest absolute Gasteiger partial charge is 0.328 e. The fourth-order valence-corrected chi connectivity index (χ4v) is 4.03. The second kappa shape index (κ2) is 10.4. The molecule has 9 heteroatoms. The Kier molecular flexibility index (Phi) is 7.84. The van der Waals surface area contributed by atoms with Gasteiger partial charge >= 0.3 is 5.97 Å². The zero-order chi connectivity index (χ0) is 23.4. The van der Waals surface area contributed by atoms with Gasteiger partial charge in [0.1, 0.15) is 23.2 Å². The number of methoxy groups -OCH3 is 1. The van der Waals surface area contributed by atoms with Gasteiger partial charge in [0.05, 0.1) is 20.3 Å². The molecule has 6 nitrogen and oxygen atoms in total. The summed E-state index contributed by atoms with van der Waals surface area (Å²) in [4.78, 5) is 25.1. The van der Waals surface area contributed by atoms with Gasteiger partial charge in [-0.1, -0.05) is 28.9 Å². The zero-order valence-electron chi connectivity index (χ0n) is 18.1. The minimum absolute atomic E-state index is 0.00815. The molecule has 2 atom stereocenters. The number of anilines is 1. The number of benzene rings is 2. The summed E-state index contributed by atoms with van der Waals surface area (Å²) in [7, 11) is 1.19. The standard InChI is InChI=1S/C23H25BrF2N2O4/c1-4-12(2)27-14-8-18(25)21(19(26)9-14)22(29)28-20(23(30)31-3)7-13-5-6-17(24)16-11-32-10-15(13)16/h5-6,8-9,12,20,27H,4,7,10-11H2,1-3H3,(H,28,29)/t12-,20-/m0/s1. The summed E-state index contributed by atoms with van der Waals surface area (Å²) in [5.41, 5.74) is 2.16. The minimum Gasteiger partial charge on any atom is -0.467 e. The van der Waals surface area contributed by atoms with Crippen molar-refractivity contribution >= 4 is 33.5 Å². The maximum Gasteiger partial charge on any atom is 0.328 e. The highest BCUT2D eigenvalue weighted by Crippen LogP contribution is 2.31. The number of esters is 1. The van der Waals surface area contributed by atoms with Crippen molar-refractivity contribution in [2.24, 2.45) is 0 Å². The predicted octanol–water partition coefficient (Wildman–Crippen LogP) is 4.48. The topological polar surface area (TPSA) is 76.7 Å². The van der Waals surface area contributed by atoms with Crippen molar-refractivity contribution in [2.75, 3.05) is 12.4 Å². The van der Waals surface area contributed by atoms with E-state index in [0.29, 0.717) is 13.2 Å². The molecule has 0 fully saturated rings. The van der Waals surface area contributed by atoms with Crippen LogP contribution in [0, 0.1) is 11.6 Å². The number of fused-ring (bicyclic) bond motifs is 1. The van der Waals surface area contributed by atoms with Crippen LogP contribution < -0.4 is 10.6 Å². The van der Waals surface area contributed by atoms with Crippen LogP contribution in [0.25, 0.3) is 0 Å². The summed E-state index contributed by atoms with van der Waals surface area (Å²) < 4.78 is 40.4. The van der Waals surface area contributed by atoms with E-state index >= 15 is 0 Å². The van der Waals surface area contributed by atoms with Gasteiger partial charge in [0, 0.05) is 22.6 Å². The number of hydrogen-bond donors (Lipinski definition) is 2. The van der Waals surface area contributed by atoms with Crippen LogP contribution >= 0.6 is 15.9 Å². The number of halogens is 3. The first-order chi connectivity index (χ1) is 15.2. The molecule has 1 aliphatic rings. The zero-order valence-corrected chi connectivity index (χ0v) is 19.6. The normalized spacial score (nSPS) is 14.4. The highest BCUT2D eigenvalue weighted by atomic mass is 79.9. The second-order valence-corrected chi connectivity index (χ2v) is 8.53. The lowest BCUT2D eigenvalue weighted by molar-refractivity contribution is -0.142. The van der Waals surface area contributed by atoms with Crippen molar-refractivity contribution in [3.63, 3.8) is 0 Å². The van der Waals surface area contributed by atoms with Crippen molar-refractivity contribution in [1.29, 1.82) is 0 Å². The molecule has 0 spiro atoms. The Morgan fingerprint density at radius 3 is 2.47 bits per heavy atom. The van der Waals surface area contributed by atoms with Crippen LogP contribution in [0.1, 0.15) is 47.3 Å². The van der Waals surface area contributed by atoms with Crippen LogP contribution in [0.5, 0.6) is 0 Å². The monoisotopic (exact) mass is 510 g/mol. The molecule has 2 aromatic rings. The Bertz CT molecular complexity index is 1010. The van der Waals surface area contributed by atoms with E-state index in [9.17, 15) is 18.4 Å². The molecule has 0 unspecified atom stereocenters. The first kappa shape index (κ1) is 24.1. The van der Waals surface area contributed by atoms with Gasteiger partial charge in [0.25, 0.3) is 5.91 Å². The van der Waals surface area contributed by atoms with E-state index in [2.05, 4.69) is 26.6 Å². The summed E-state index contributed by atoms with van der Waals surface area (Å²) in [5.74, 6) is -3.79. The van der Waals surface area contributed by atoms with E-state index in [1.165, 1.54) is 7.11 Å². The van der Waals surface area contributed by atoms with Gasteiger partial charge in [0.15, 0.2) is 0 Å². The van der Waals surface area contributed by atoms with Crippen LogP contribution in [0.3, 0.4) is 0 Å². The number of rotatable bonds is 8. The maximum absolute atomic E-state index is 14.6. The summed E-state index contributed by atoms with van der Waals surface area (Å²) in [6.07, 6.45) is 0.853. The Labute approximate surface area is 193 Å². The molecule has 2 N–H and O–H groups in total. The van der Waals surface area contributed by atoms with Gasteiger partial charge in [-0.15, -0.1) is 0 Å². The number of ether oxygens (including phenoxy) is 2. The van der Waals surface area contributed by atoms with Crippen LogP contribution in [-0.2, 0) is 33.9 Å². The first-order valence-electron chi connectivity index (χ1n) is 10.3. The molecule has 1 amide bonds. The highest BCUT2D eigenvalue weighted by Gasteiger charge is 2.28. The molecule has 0 aliphatic carbocycles. The SMILES string of the molecule is CC[C@H](C)Nc1cc(F)c(C(=O)N[C@@H](Cc2ccc(Br)c3c2COC3)C(=O)OC)c(F)c1. The average molecular weight is 511 g/mol. The van der Waals surface area contributed by atoms with Crippen molar-refractivity contribution in [3.05, 3.63) is 62.6 Å². The number of amides is 1. The lowest BCUT2D eigenvalue weighted by Crippen LogP contribution is -2.43. The van der Waals surface area contributed by atoms with E-state index in [1.807, 2.05) is 26.0 Å². The second-order valence-electron chi connectivity index (χ2n) is 7.68. The summed E-state index contributed by atoms with van der Waals surface area (Å²) in [6.45, 7) is 4.62. The van der Waals surface area contributed by atoms with Crippen molar-refractivity contribution in [1.82, 2.24) is 5.32 Å². The number of carbonyl (C=O) groups is 2. The minimum atomic E-state index is -1.13. The number of hydrogen-bond acceptors (Lipinski definition) is 5. The van der Waals surface area contributed by atoms with Crippen molar-refractivity contribution < 1.29 is 27.8 Å². The predicted molar refractivity (Wildman–Crippen MR) is 119 cm³/mol. The fourth-order valence-electron chi connectivity index (χ4n) is 3.54. The molecule has 0 saturated carbocycles. The third kappa shape index (κ3) is 5.27. The van der Waals surface area contributed by atoms with Crippen LogP contribution in [0.2, 0.25) is 0 Å². The average Bonchev–Trinajstić information content (AvgIpc) is 3.25. The Balaban J connectivity index is 1.83. The Morgan fingerprint density at radius 1 is 1.19 bits per heavy atom. The van der Waals surface area contributed by atoms with Crippen LogP contribution in [0.4, 0.5) is 14.5 Å². The molecule has 32 heavy (non-hydrogen) atoms. The molecule has 1 heterocycles. The lowest BCUT2D eigenvalue weighted by atomic mass is 9.97. The molecule has 0 radical (unpaired) electrons. The van der Waals surface area contributed by atoms with Gasteiger partial charge in [-0.2, -0.15) is 0 Å². The summed E-state index contributed by atoms with van der Waals surface area (Å²) >= 11 is 3.47. The molecule has 1 aliphatic heterocycles. The van der Waals surface area contributed by atoms with Gasteiger partial charge in [-0.25, -0.2) is 13.6 Å². The van der Waals surface area contributed by atoms with Crippen LogP contribution in [-0.4, -0.2) is 31.1 Å². The lowest BCUT2D eigenvalue weighted by Gasteiger charge is -2.19. The van der Waals surface area contributed by atoms with Gasteiger partial charge in [-0.3, -0.25) is 4.79 Å². The Hall–Kier alpha value is -2.52. The molecule has 3 rings (SSSR count). The molecule has 0 saturated heterocycles. The van der Waals surface area contributed by atoms with Crippen LogP contribution in [0.15, 0.2) is 28.7 Å². The quantitative estimate of drug-likeness (QED) is 0.512. The fraction of sp³-hybridized carbons (Fsp3) is 0.391. The first-order valence-corrected chi connectivity index (χ1v) is 11.1.